The van der Waals surface area contributed by atoms with Gasteiger partial charge in [0, 0.05) is 38.2 Å². The molecule has 1 N–H and O–H groups in total. The average Bonchev–Trinajstić information content (AvgIpc) is 3.32. The van der Waals surface area contributed by atoms with E-state index in [1.165, 1.54) is 16.5 Å². The number of carbonyl (C=O) groups excluding carboxylic acids is 1. The third-order valence-electron chi connectivity index (χ3n) is 6.13. The first-order chi connectivity index (χ1) is 13.6. The van der Waals surface area contributed by atoms with Crippen molar-refractivity contribution in [3.63, 3.8) is 0 Å². The number of hydrogen-bond acceptors (Lipinski definition) is 4. The SMILES string of the molecule is Cl.Cn1cnc2cc(C(=O)N3C[C@@H]4CNC[C@@H]4[C@H]3c3ccccc3)ccc2c1=O. The predicted molar refractivity (Wildman–Crippen MR) is 114 cm³/mol. The van der Waals surface area contributed by atoms with Gasteiger partial charge < -0.3 is 14.8 Å². The second-order valence-corrected chi connectivity index (χ2v) is 7.79. The summed E-state index contributed by atoms with van der Waals surface area (Å²) in [6.07, 6.45) is 1.50. The second kappa shape index (κ2) is 7.61. The highest BCUT2D eigenvalue weighted by Gasteiger charge is 2.46. The number of fused-ring (bicyclic) bond motifs is 2. The summed E-state index contributed by atoms with van der Waals surface area (Å²) < 4.78 is 1.45. The molecule has 7 heteroatoms. The van der Waals surface area contributed by atoms with Crippen LogP contribution in [0.5, 0.6) is 0 Å². The van der Waals surface area contributed by atoms with Crippen molar-refractivity contribution >= 4 is 29.2 Å². The molecule has 6 nitrogen and oxygen atoms in total. The third-order valence-corrected chi connectivity index (χ3v) is 6.13. The van der Waals surface area contributed by atoms with Crippen LogP contribution in [-0.2, 0) is 7.05 Å². The van der Waals surface area contributed by atoms with Gasteiger partial charge in [0.2, 0.25) is 0 Å². The highest BCUT2D eigenvalue weighted by molar-refractivity contribution is 5.98. The number of hydrogen-bond donors (Lipinski definition) is 1. The van der Waals surface area contributed by atoms with E-state index in [2.05, 4.69) is 22.4 Å². The first-order valence-electron chi connectivity index (χ1n) is 9.65. The molecule has 2 fully saturated rings. The first kappa shape index (κ1) is 19.6. The molecule has 1 aromatic heterocycles. The van der Waals surface area contributed by atoms with Crippen LogP contribution in [0.4, 0.5) is 0 Å². The lowest BCUT2D eigenvalue weighted by Crippen LogP contribution is -2.34. The zero-order valence-electron chi connectivity index (χ0n) is 16.1. The van der Waals surface area contributed by atoms with Crippen molar-refractivity contribution in [1.82, 2.24) is 19.8 Å². The number of nitrogens with one attached hydrogen (secondary N) is 1. The molecule has 2 saturated heterocycles. The van der Waals surface area contributed by atoms with E-state index in [4.69, 9.17) is 0 Å². The Bertz CT molecular complexity index is 1110. The minimum absolute atomic E-state index is 0. The summed E-state index contributed by atoms with van der Waals surface area (Å²) in [4.78, 5) is 32.0. The summed E-state index contributed by atoms with van der Waals surface area (Å²) in [7, 11) is 1.68. The smallest absolute Gasteiger partial charge is 0.260 e. The number of nitrogens with zero attached hydrogens (tertiary/aromatic N) is 3. The van der Waals surface area contributed by atoms with Crippen LogP contribution in [0.15, 0.2) is 59.7 Å². The molecular weight excluding hydrogens is 388 g/mol. The Hall–Kier alpha value is -2.70. The normalized spacial score (nSPS) is 23.1. The van der Waals surface area contributed by atoms with Gasteiger partial charge in [-0.3, -0.25) is 9.59 Å². The number of amides is 1. The van der Waals surface area contributed by atoms with E-state index in [1.807, 2.05) is 23.1 Å². The van der Waals surface area contributed by atoms with E-state index >= 15 is 0 Å². The van der Waals surface area contributed by atoms with E-state index in [0.717, 1.165) is 19.6 Å². The number of likely N-dealkylation sites (tertiary alicyclic amines) is 1. The van der Waals surface area contributed by atoms with Crippen LogP contribution in [0.1, 0.15) is 22.0 Å². The summed E-state index contributed by atoms with van der Waals surface area (Å²) in [5, 5.41) is 4.01. The van der Waals surface area contributed by atoms with Gasteiger partial charge in [0.1, 0.15) is 0 Å². The summed E-state index contributed by atoms with van der Waals surface area (Å²) in [5.74, 6) is 0.907. The summed E-state index contributed by atoms with van der Waals surface area (Å²) >= 11 is 0. The maximum Gasteiger partial charge on any atom is 0.260 e. The average molecular weight is 411 g/mol. The van der Waals surface area contributed by atoms with Crippen LogP contribution in [0.3, 0.4) is 0 Å². The maximum atomic E-state index is 13.5. The molecule has 2 aliphatic rings. The van der Waals surface area contributed by atoms with Crippen molar-refractivity contribution in [3.05, 3.63) is 76.3 Å². The largest absolute Gasteiger partial charge is 0.331 e. The lowest BCUT2D eigenvalue weighted by Gasteiger charge is -2.28. The van der Waals surface area contributed by atoms with Crippen molar-refractivity contribution in [1.29, 1.82) is 0 Å². The molecule has 1 amide bonds. The van der Waals surface area contributed by atoms with Crippen molar-refractivity contribution in [2.24, 2.45) is 18.9 Å². The van der Waals surface area contributed by atoms with Crippen LogP contribution < -0.4 is 10.9 Å². The minimum atomic E-state index is -0.104. The zero-order chi connectivity index (χ0) is 19.3. The maximum absolute atomic E-state index is 13.5. The molecule has 150 valence electrons. The molecule has 0 spiro atoms. The van der Waals surface area contributed by atoms with Crippen LogP contribution >= 0.6 is 12.4 Å². The Balaban J connectivity index is 0.00000205. The molecule has 2 aromatic carbocycles. The fraction of sp³-hybridized carbons (Fsp3) is 0.318. The fourth-order valence-corrected chi connectivity index (χ4v) is 4.72. The van der Waals surface area contributed by atoms with Gasteiger partial charge in [-0.05, 0) is 29.7 Å². The van der Waals surface area contributed by atoms with Gasteiger partial charge in [-0.2, -0.15) is 0 Å². The predicted octanol–water partition coefficient (Wildman–Crippen LogP) is 2.39. The standard InChI is InChI=1S/C22H22N4O2.ClH/c1-25-13-24-19-9-15(7-8-17(19)22(25)28)21(27)26-12-16-10-23-11-18(16)20(26)14-5-3-2-4-6-14;/h2-9,13,16,18,20,23H,10-12H2,1H3;1H/t16-,18-,20+;/m0./s1. The minimum Gasteiger partial charge on any atom is -0.331 e. The van der Waals surface area contributed by atoms with E-state index in [9.17, 15) is 9.59 Å². The molecule has 0 unspecified atom stereocenters. The molecule has 0 radical (unpaired) electrons. The Labute approximate surface area is 175 Å². The highest BCUT2D eigenvalue weighted by atomic mass is 35.5. The van der Waals surface area contributed by atoms with E-state index in [1.54, 1.807) is 25.2 Å². The van der Waals surface area contributed by atoms with Crippen molar-refractivity contribution < 1.29 is 4.79 Å². The van der Waals surface area contributed by atoms with Gasteiger partial charge in [0.05, 0.1) is 23.3 Å². The van der Waals surface area contributed by atoms with Crippen LogP contribution in [-0.4, -0.2) is 40.0 Å². The number of aromatic nitrogens is 2. The Kier molecular flexibility index (Phi) is 5.15. The molecule has 5 rings (SSSR count). The summed E-state index contributed by atoms with van der Waals surface area (Å²) in [5.41, 5.74) is 2.22. The number of rotatable bonds is 2. The first-order valence-corrected chi connectivity index (χ1v) is 9.65. The molecule has 3 atom stereocenters. The molecule has 0 aliphatic carbocycles. The van der Waals surface area contributed by atoms with Crippen molar-refractivity contribution in [3.8, 4) is 0 Å². The molecule has 3 heterocycles. The van der Waals surface area contributed by atoms with Crippen LogP contribution in [0.2, 0.25) is 0 Å². The van der Waals surface area contributed by atoms with E-state index < -0.39 is 0 Å². The number of halogens is 1. The fourth-order valence-electron chi connectivity index (χ4n) is 4.72. The van der Waals surface area contributed by atoms with Gasteiger partial charge >= 0.3 is 0 Å². The summed E-state index contributed by atoms with van der Waals surface area (Å²) in [6, 6.07) is 15.6. The van der Waals surface area contributed by atoms with Gasteiger partial charge in [0.15, 0.2) is 0 Å². The second-order valence-electron chi connectivity index (χ2n) is 7.79. The number of carbonyl (C=O) groups is 1. The molecule has 0 bridgehead atoms. The molecular formula is C22H23ClN4O2. The van der Waals surface area contributed by atoms with Gasteiger partial charge in [-0.15, -0.1) is 12.4 Å². The Morgan fingerprint density at radius 2 is 1.93 bits per heavy atom. The molecule has 2 aliphatic heterocycles. The summed E-state index contributed by atoms with van der Waals surface area (Å²) in [6.45, 7) is 2.63. The quantitative estimate of drug-likeness (QED) is 0.704. The Morgan fingerprint density at radius 1 is 1.14 bits per heavy atom. The molecule has 0 saturated carbocycles. The third kappa shape index (κ3) is 3.22. The lowest BCUT2D eigenvalue weighted by atomic mass is 9.89. The van der Waals surface area contributed by atoms with Crippen LogP contribution in [0.25, 0.3) is 10.9 Å². The molecule has 29 heavy (non-hydrogen) atoms. The number of benzene rings is 2. The lowest BCUT2D eigenvalue weighted by molar-refractivity contribution is 0.0714. The number of aryl methyl sites for hydroxylation is 1. The van der Waals surface area contributed by atoms with Crippen molar-refractivity contribution in [2.75, 3.05) is 19.6 Å². The van der Waals surface area contributed by atoms with Gasteiger partial charge in [-0.1, -0.05) is 30.3 Å². The van der Waals surface area contributed by atoms with E-state index in [-0.39, 0.29) is 29.9 Å². The van der Waals surface area contributed by atoms with Crippen LogP contribution in [0, 0.1) is 11.8 Å². The van der Waals surface area contributed by atoms with E-state index in [0.29, 0.717) is 28.3 Å². The Morgan fingerprint density at radius 3 is 2.72 bits per heavy atom. The van der Waals surface area contributed by atoms with Crippen molar-refractivity contribution in [2.45, 2.75) is 6.04 Å². The monoisotopic (exact) mass is 410 g/mol. The topological polar surface area (TPSA) is 67.2 Å². The highest BCUT2D eigenvalue weighted by Crippen LogP contribution is 2.43. The molecule has 3 aromatic rings. The van der Waals surface area contributed by atoms with Gasteiger partial charge in [-0.25, -0.2) is 4.98 Å². The van der Waals surface area contributed by atoms with Gasteiger partial charge in [0.25, 0.3) is 11.5 Å². The zero-order valence-corrected chi connectivity index (χ0v) is 16.9.